The molecule has 1 atom stereocenters. The van der Waals surface area contributed by atoms with E-state index in [1.807, 2.05) is 48.7 Å². The first-order valence-corrected chi connectivity index (χ1v) is 8.55. The zero-order chi connectivity index (χ0) is 18.6. The summed E-state index contributed by atoms with van der Waals surface area (Å²) in [4.78, 5) is 23.9. The summed E-state index contributed by atoms with van der Waals surface area (Å²) in [6.45, 7) is 0. The number of hydrazone groups is 1. The molecule has 2 heterocycles. The number of carbonyl (C=O) groups is 1. The summed E-state index contributed by atoms with van der Waals surface area (Å²) in [5.41, 5.74) is 13.0. The van der Waals surface area contributed by atoms with Crippen molar-refractivity contribution in [2.24, 2.45) is 10.8 Å². The Kier molecular flexibility index (Phi) is 5.98. The van der Waals surface area contributed by atoms with Crippen molar-refractivity contribution in [2.75, 3.05) is 0 Å². The van der Waals surface area contributed by atoms with Crippen molar-refractivity contribution in [1.82, 2.24) is 20.4 Å². The molecule has 2 aromatic heterocycles. The Labute approximate surface area is 167 Å². The van der Waals surface area contributed by atoms with E-state index in [1.54, 1.807) is 18.6 Å². The number of benzene rings is 2. The summed E-state index contributed by atoms with van der Waals surface area (Å²) in [7, 11) is 0. The van der Waals surface area contributed by atoms with E-state index < -0.39 is 6.04 Å². The molecule has 0 aliphatic rings. The number of nitrogens with two attached hydrogens (primary N) is 1. The Morgan fingerprint density at radius 2 is 1.96 bits per heavy atom. The molecule has 4 aromatic rings. The fourth-order valence-electron chi connectivity index (χ4n) is 2.94. The minimum Gasteiger partial charge on any atom is -0.361 e. The lowest BCUT2D eigenvalue weighted by molar-refractivity contribution is -0.122. The van der Waals surface area contributed by atoms with Crippen molar-refractivity contribution in [3.8, 4) is 0 Å². The number of rotatable bonds is 5. The van der Waals surface area contributed by atoms with E-state index >= 15 is 0 Å². The smallest absolute Gasteiger partial charge is 0.257 e. The monoisotopic (exact) mass is 394 g/mol. The molecular weight excluding hydrogens is 376 g/mol. The van der Waals surface area contributed by atoms with Gasteiger partial charge in [-0.3, -0.25) is 14.8 Å². The SMILES string of the molecule is Cl.NC(Cc1c[nH]c2ccccc12)C(=O)NN=Cc1ccc2nccnc2c1. The summed E-state index contributed by atoms with van der Waals surface area (Å²) < 4.78 is 0. The van der Waals surface area contributed by atoms with Crippen LogP contribution in [0.25, 0.3) is 21.9 Å². The van der Waals surface area contributed by atoms with E-state index in [9.17, 15) is 4.79 Å². The number of para-hydroxylation sites is 1. The number of fused-ring (bicyclic) bond motifs is 2. The fraction of sp³-hybridized carbons (Fsp3) is 0.100. The van der Waals surface area contributed by atoms with Crippen LogP contribution in [0.5, 0.6) is 0 Å². The number of amides is 1. The quantitative estimate of drug-likeness (QED) is 0.357. The highest BCUT2D eigenvalue weighted by molar-refractivity contribution is 5.89. The third-order valence-electron chi connectivity index (χ3n) is 4.33. The molecule has 1 unspecified atom stereocenters. The van der Waals surface area contributed by atoms with Crippen LogP contribution in [0.1, 0.15) is 11.1 Å². The molecule has 7 nitrogen and oxygen atoms in total. The van der Waals surface area contributed by atoms with Crippen molar-refractivity contribution in [1.29, 1.82) is 0 Å². The summed E-state index contributed by atoms with van der Waals surface area (Å²) in [6.07, 6.45) is 7.15. The predicted molar refractivity (Wildman–Crippen MR) is 113 cm³/mol. The topological polar surface area (TPSA) is 109 Å². The number of aromatic nitrogens is 3. The summed E-state index contributed by atoms with van der Waals surface area (Å²) in [6, 6.07) is 12.8. The fourth-order valence-corrected chi connectivity index (χ4v) is 2.94. The third-order valence-corrected chi connectivity index (χ3v) is 4.33. The average Bonchev–Trinajstić information content (AvgIpc) is 3.11. The largest absolute Gasteiger partial charge is 0.361 e. The highest BCUT2D eigenvalue weighted by Crippen LogP contribution is 2.18. The van der Waals surface area contributed by atoms with E-state index in [2.05, 4.69) is 25.5 Å². The summed E-state index contributed by atoms with van der Waals surface area (Å²) >= 11 is 0. The molecule has 0 radical (unpaired) electrons. The maximum absolute atomic E-state index is 12.2. The van der Waals surface area contributed by atoms with Crippen LogP contribution in [0, 0.1) is 0 Å². The van der Waals surface area contributed by atoms with Crippen molar-refractivity contribution in [3.63, 3.8) is 0 Å². The lowest BCUT2D eigenvalue weighted by atomic mass is 10.1. The molecule has 0 fully saturated rings. The van der Waals surface area contributed by atoms with E-state index in [4.69, 9.17) is 5.73 Å². The van der Waals surface area contributed by atoms with Gasteiger partial charge in [0.25, 0.3) is 5.91 Å². The van der Waals surface area contributed by atoms with Gasteiger partial charge in [0.1, 0.15) is 0 Å². The van der Waals surface area contributed by atoms with Gasteiger partial charge >= 0.3 is 0 Å². The van der Waals surface area contributed by atoms with Crippen LogP contribution in [0.2, 0.25) is 0 Å². The lowest BCUT2D eigenvalue weighted by Crippen LogP contribution is -2.39. The van der Waals surface area contributed by atoms with Gasteiger partial charge in [0.05, 0.1) is 23.3 Å². The van der Waals surface area contributed by atoms with Gasteiger partial charge in [-0.1, -0.05) is 24.3 Å². The van der Waals surface area contributed by atoms with Gasteiger partial charge < -0.3 is 10.7 Å². The number of carbonyl (C=O) groups excluding carboxylic acids is 1. The molecule has 142 valence electrons. The highest BCUT2D eigenvalue weighted by Gasteiger charge is 2.15. The van der Waals surface area contributed by atoms with E-state index in [1.165, 1.54) is 0 Å². The molecular formula is C20H19ClN6O. The molecule has 0 saturated heterocycles. The van der Waals surface area contributed by atoms with Crippen LogP contribution in [-0.4, -0.2) is 33.1 Å². The van der Waals surface area contributed by atoms with E-state index in [0.29, 0.717) is 6.42 Å². The van der Waals surface area contributed by atoms with E-state index in [0.717, 1.165) is 33.1 Å². The normalized spacial score (nSPS) is 12.2. The van der Waals surface area contributed by atoms with Crippen molar-refractivity contribution in [2.45, 2.75) is 12.5 Å². The lowest BCUT2D eigenvalue weighted by Gasteiger charge is -2.09. The summed E-state index contributed by atoms with van der Waals surface area (Å²) in [5.74, 6) is -0.336. The number of nitrogens with zero attached hydrogens (tertiary/aromatic N) is 3. The molecule has 28 heavy (non-hydrogen) atoms. The Hall–Kier alpha value is -3.29. The number of halogens is 1. The molecule has 8 heteroatoms. The second kappa shape index (κ2) is 8.60. The number of H-pyrrole nitrogens is 1. The molecule has 0 bridgehead atoms. The van der Waals surface area contributed by atoms with Gasteiger partial charge in [0, 0.05) is 29.5 Å². The van der Waals surface area contributed by atoms with Gasteiger partial charge in [-0.15, -0.1) is 12.4 Å². The molecule has 0 aliphatic carbocycles. The molecule has 2 aromatic carbocycles. The minimum absolute atomic E-state index is 0. The van der Waals surface area contributed by atoms with Gasteiger partial charge in [-0.25, -0.2) is 5.43 Å². The van der Waals surface area contributed by atoms with Crippen LogP contribution in [0.15, 0.2) is 66.2 Å². The molecule has 0 spiro atoms. The Morgan fingerprint density at radius 3 is 2.82 bits per heavy atom. The van der Waals surface area contributed by atoms with Gasteiger partial charge in [-0.2, -0.15) is 5.10 Å². The van der Waals surface area contributed by atoms with Crippen LogP contribution in [0.3, 0.4) is 0 Å². The molecule has 1 amide bonds. The third kappa shape index (κ3) is 4.16. The minimum atomic E-state index is -0.691. The first-order valence-electron chi connectivity index (χ1n) is 8.55. The second-order valence-corrected chi connectivity index (χ2v) is 6.21. The average molecular weight is 395 g/mol. The Balaban J connectivity index is 0.00000225. The maximum atomic E-state index is 12.2. The van der Waals surface area contributed by atoms with Gasteiger partial charge in [0.2, 0.25) is 0 Å². The summed E-state index contributed by atoms with van der Waals surface area (Å²) in [5, 5.41) is 5.07. The molecule has 0 aliphatic heterocycles. The number of hydrogen-bond donors (Lipinski definition) is 3. The second-order valence-electron chi connectivity index (χ2n) is 6.21. The standard InChI is InChI=1S/C20H18N6O.ClH/c21-16(10-14-12-24-17-4-2-1-3-15(14)17)20(27)26-25-11-13-5-6-18-19(9-13)23-8-7-22-18;/h1-9,11-12,16,24H,10,21H2,(H,26,27);1H. The van der Waals surface area contributed by atoms with Crippen LogP contribution in [-0.2, 0) is 11.2 Å². The Morgan fingerprint density at radius 1 is 1.18 bits per heavy atom. The number of hydrogen-bond acceptors (Lipinski definition) is 5. The number of nitrogens with one attached hydrogen (secondary N) is 2. The van der Waals surface area contributed by atoms with Crippen molar-refractivity contribution < 1.29 is 4.79 Å². The first-order chi connectivity index (χ1) is 13.2. The Bertz CT molecular complexity index is 1140. The van der Waals surface area contributed by atoms with Crippen LogP contribution in [0.4, 0.5) is 0 Å². The van der Waals surface area contributed by atoms with Crippen molar-refractivity contribution in [3.05, 3.63) is 72.2 Å². The highest BCUT2D eigenvalue weighted by atomic mass is 35.5. The molecule has 4 rings (SSSR count). The van der Waals surface area contributed by atoms with Crippen molar-refractivity contribution >= 4 is 46.5 Å². The first kappa shape index (κ1) is 19.5. The zero-order valence-electron chi connectivity index (χ0n) is 14.9. The van der Waals surface area contributed by atoms with E-state index in [-0.39, 0.29) is 18.3 Å². The molecule has 0 saturated carbocycles. The maximum Gasteiger partial charge on any atom is 0.257 e. The number of aromatic amines is 1. The van der Waals surface area contributed by atoms with Gasteiger partial charge in [-0.05, 0) is 35.7 Å². The van der Waals surface area contributed by atoms with Gasteiger partial charge in [0.15, 0.2) is 0 Å². The zero-order valence-corrected chi connectivity index (χ0v) is 15.7. The van der Waals surface area contributed by atoms with Crippen LogP contribution >= 0.6 is 12.4 Å². The van der Waals surface area contributed by atoms with Crippen LogP contribution < -0.4 is 11.2 Å². The predicted octanol–water partition coefficient (Wildman–Crippen LogP) is 2.55. The molecule has 4 N–H and O–H groups in total.